The maximum atomic E-state index is 13.3. The number of aromatic amines is 1. The average molecular weight is 303 g/mol. The van der Waals surface area contributed by atoms with E-state index in [0.29, 0.717) is 5.52 Å². The first kappa shape index (κ1) is 15.3. The van der Waals surface area contributed by atoms with E-state index >= 15 is 0 Å². The SMILES string of the molecule is CC(C)Oc1cccc2[nH]cc(C(=O)C(F)(F)C(F)F)c12. The number of benzene rings is 1. The van der Waals surface area contributed by atoms with Gasteiger partial charge in [0.25, 0.3) is 0 Å². The highest BCUT2D eigenvalue weighted by molar-refractivity contribution is 6.13. The van der Waals surface area contributed by atoms with Crippen LogP contribution in [0.3, 0.4) is 0 Å². The number of Topliss-reactive ketones (excluding diaryl/α,β-unsaturated/α-hetero) is 1. The molecule has 0 bridgehead atoms. The third kappa shape index (κ3) is 2.72. The van der Waals surface area contributed by atoms with Gasteiger partial charge in [0.15, 0.2) is 0 Å². The molecule has 21 heavy (non-hydrogen) atoms. The zero-order valence-electron chi connectivity index (χ0n) is 11.3. The van der Waals surface area contributed by atoms with Crippen LogP contribution in [0.4, 0.5) is 17.6 Å². The number of halogens is 4. The molecule has 1 N–H and O–H groups in total. The molecule has 0 aliphatic heterocycles. The largest absolute Gasteiger partial charge is 0.490 e. The van der Waals surface area contributed by atoms with Crippen LogP contribution < -0.4 is 4.74 Å². The molecule has 1 aromatic heterocycles. The highest BCUT2D eigenvalue weighted by atomic mass is 19.3. The maximum absolute atomic E-state index is 13.3. The molecular formula is C14H13F4NO2. The second kappa shape index (κ2) is 5.38. The molecule has 2 aromatic rings. The smallest absolute Gasteiger partial charge is 0.368 e. The van der Waals surface area contributed by atoms with Crippen LogP contribution >= 0.6 is 0 Å². The number of hydrogen-bond acceptors (Lipinski definition) is 2. The number of aromatic nitrogens is 1. The lowest BCUT2D eigenvalue weighted by molar-refractivity contribution is -0.0957. The third-order valence-corrected chi connectivity index (χ3v) is 2.85. The summed E-state index contributed by atoms with van der Waals surface area (Å²) in [5.41, 5.74) is -0.145. The third-order valence-electron chi connectivity index (χ3n) is 2.85. The molecular weight excluding hydrogens is 290 g/mol. The summed E-state index contributed by atoms with van der Waals surface area (Å²) in [6.45, 7) is 3.45. The van der Waals surface area contributed by atoms with Gasteiger partial charge < -0.3 is 9.72 Å². The molecule has 1 heterocycles. The minimum Gasteiger partial charge on any atom is -0.490 e. The Morgan fingerprint density at radius 1 is 1.29 bits per heavy atom. The maximum Gasteiger partial charge on any atom is 0.368 e. The highest BCUT2D eigenvalue weighted by Crippen LogP contribution is 2.35. The summed E-state index contributed by atoms with van der Waals surface area (Å²) in [7, 11) is 0. The zero-order valence-corrected chi connectivity index (χ0v) is 11.3. The molecule has 0 unspecified atom stereocenters. The Balaban J connectivity index is 2.58. The van der Waals surface area contributed by atoms with Crippen molar-refractivity contribution in [3.63, 3.8) is 0 Å². The number of fused-ring (bicyclic) bond motifs is 1. The first-order valence-corrected chi connectivity index (χ1v) is 6.22. The summed E-state index contributed by atoms with van der Waals surface area (Å²) in [4.78, 5) is 14.3. The molecule has 0 amide bonds. The van der Waals surface area contributed by atoms with E-state index in [1.165, 1.54) is 6.07 Å². The van der Waals surface area contributed by atoms with Crippen LogP contribution in [0.2, 0.25) is 0 Å². The van der Waals surface area contributed by atoms with Gasteiger partial charge in [-0.1, -0.05) is 6.07 Å². The highest BCUT2D eigenvalue weighted by Gasteiger charge is 2.49. The van der Waals surface area contributed by atoms with Crippen molar-refractivity contribution in [2.45, 2.75) is 32.3 Å². The van der Waals surface area contributed by atoms with Gasteiger partial charge in [-0.25, -0.2) is 8.78 Å². The van der Waals surface area contributed by atoms with E-state index in [2.05, 4.69) is 4.98 Å². The molecule has 0 spiro atoms. The average Bonchev–Trinajstić information content (AvgIpc) is 2.81. The zero-order chi connectivity index (χ0) is 15.8. The summed E-state index contributed by atoms with van der Waals surface area (Å²) in [5.74, 6) is -6.47. The van der Waals surface area contributed by atoms with Crippen LogP contribution in [0.15, 0.2) is 24.4 Å². The van der Waals surface area contributed by atoms with E-state index in [9.17, 15) is 22.4 Å². The fourth-order valence-corrected chi connectivity index (χ4v) is 1.96. The quantitative estimate of drug-likeness (QED) is 0.669. The summed E-state index contributed by atoms with van der Waals surface area (Å²) >= 11 is 0. The molecule has 0 radical (unpaired) electrons. The predicted molar refractivity (Wildman–Crippen MR) is 69.3 cm³/mol. The van der Waals surface area contributed by atoms with Gasteiger partial charge >= 0.3 is 12.3 Å². The summed E-state index contributed by atoms with van der Waals surface area (Å²) in [6.07, 6.45) is -3.33. The van der Waals surface area contributed by atoms with Crippen molar-refractivity contribution in [2.75, 3.05) is 0 Å². The van der Waals surface area contributed by atoms with Gasteiger partial charge in [0.2, 0.25) is 5.78 Å². The van der Waals surface area contributed by atoms with Gasteiger partial charge in [0.05, 0.1) is 17.1 Å². The summed E-state index contributed by atoms with van der Waals surface area (Å²) in [6, 6.07) is 4.64. The van der Waals surface area contributed by atoms with Crippen LogP contribution in [0.1, 0.15) is 24.2 Å². The number of carbonyl (C=O) groups excluding carboxylic acids is 1. The normalized spacial score (nSPS) is 12.4. The molecule has 0 atom stereocenters. The molecule has 0 saturated heterocycles. The Kier molecular flexibility index (Phi) is 3.93. The van der Waals surface area contributed by atoms with Gasteiger partial charge in [-0.15, -0.1) is 0 Å². The van der Waals surface area contributed by atoms with E-state index < -0.39 is 23.7 Å². The topological polar surface area (TPSA) is 42.1 Å². The van der Waals surface area contributed by atoms with Crippen molar-refractivity contribution in [1.82, 2.24) is 4.98 Å². The predicted octanol–water partition coefficient (Wildman–Crippen LogP) is 4.04. The van der Waals surface area contributed by atoms with E-state index in [4.69, 9.17) is 4.74 Å². The minimum atomic E-state index is -4.74. The molecule has 0 fully saturated rings. The van der Waals surface area contributed by atoms with Gasteiger partial charge in [0.1, 0.15) is 5.75 Å². The van der Waals surface area contributed by atoms with Gasteiger partial charge in [-0.2, -0.15) is 8.78 Å². The molecule has 2 rings (SSSR count). The van der Waals surface area contributed by atoms with Gasteiger partial charge in [0, 0.05) is 11.7 Å². The van der Waals surface area contributed by atoms with Crippen LogP contribution in [0.25, 0.3) is 10.9 Å². The number of H-pyrrole nitrogens is 1. The second-order valence-corrected chi connectivity index (χ2v) is 4.80. The number of carbonyl (C=O) groups is 1. The Labute approximate surface area is 117 Å². The van der Waals surface area contributed by atoms with Crippen LogP contribution in [0.5, 0.6) is 5.75 Å². The molecule has 7 heteroatoms. The number of rotatable bonds is 5. The second-order valence-electron chi connectivity index (χ2n) is 4.80. The Hall–Kier alpha value is -2.05. The number of alkyl halides is 4. The number of hydrogen-bond donors (Lipinski definition) is 1. The molecule has 0 aliphatic carbocycles. The Bertz CT molecular complexity index is 664. The van der Waals surface area contributed by atoms with Crippen LogP contribution in [-0.2, 0) is 0 Å². The lowest BCUT2D eigenvalue weighted by atomic mass is 10.0. The van der Waals surface area contributed by atoms with Crippen molar-refractivity contribution in [1.29, 1.82) is 0 Å². The molecule has 0 aliphatic rings. The standard InChI is InChI=1S/C14H13F4NO2/c1-7(2)21-10-5-3-4-9-11(10)8(6-19-9)12(20)14(17,18)13(15)16/h3-7,13,19H,1-2H3. The fourth-order valence-electron chi connectivity index (χ4n) is 1.96. The van der Waals surface area contributed by atoms with E-state index in [1.54, 1.807) is 26.0 Å². The van der Waals surface area contributed by atoms with Crippen LogP contribution in [-0.4, -0.2) is 29.2 Å². The monoisotopic (exact) mass is 303 g/mol. The number of nitrogens with one attached hydrogen (secondary N) is 1. The fraction of sp³-hybridized carbons (Fsp3) is 0.357. The summed E-state index contributed by atoms with van der Waals surface area (Å²) in [5, 5.41) is 0.0801. The van der Waals surface area contributed by atoms with E-state index in [0.717, 1.165) is 6.20 Å². The molecule has 0 saturated carbocycles. The number of ether oxygens (including phenoxy) is 1. The first-order chi connectivity index (χ1) is 9.75. The van der Waals surface area contributed by atoms with Crippen molar-refractivity contribution in [3.8, 4) is 5.75 Å². The lowest BCUT2D eigenvalue weighted by Gasteiger charge is -2.15. The Morgan fingerprint density at radius 2 is 1.95 bits per heavy atom. The van der Waals surface area contributed by atoms with Crippen molar-refractivity contribution >= 4 is 16.7 Å². The molecule has 3 nitrogen and oxygen atoms in total. The van der Waals surface area contributed by atoms with Crippen molar-refractivity contribution in [3.05, 3.63) is 30.0 Å². The van der Waals surface area contributed by atoms with Gasteiger partial charge in [-0.3, -0.25) is 4.79 Å². The van der Waals surface area contributed by atoms with E-state index in [1.807, 2.05) is 0 Å². The van der Waals surface area contributed by atoms with Crippen molar-refractivity contribution in [2.24, 2.45) is 0 Å². The Morgan fingerprint density at radius 3 is 2.52 bits per heavy atom. The first-order valence-electron chi connectivity index (χ1n) is 6.22. The van der Waals surface area contributed by atoms with Gasteiger partial charge in [-0.05, 0) is 26.0 Å². The lowest BCUT2D eigenvalue weighted by Crippen LogP contribution is -2.36. The summed E-state index contributed by atoms with van der Waals surface area (Å²) < 4.78 is 56.7. The van der Waals surface area contributed by atoms with Crippen molar-refractivity contribution < 1.29 is 27.1 Å². The van der Waals surface area contributed by atoms with Crippen LogP contribution in [0, 0.1) is 0 Å². The van der Waals surface area contributed by atoms with E-state index in [-0.39, 0.29) is 17.2 Å². The molecule has 1 aromatic carbocycles. The number of ketones is 1. The molecule has 114 valence electrons. The minimum absolute atomic E-state index is 0.0801.